The summed E-state index contributed by atoms with van der Waals surface area (Å²) in [5.74, 6) is 0.475. The molecule has 0 bridgehead atoms. The molecule has 1 aliphatic rings. The predicted octanol–water partition coefficient (Wildman–Crippen LogP) is 2.15. The van der Waals surface area contributed by atoms with Crippen LogP contribution < -0.4 is 4.72 Å². The van der Waals surface area contributed by atoms with E-state index in [1.807, 2.05) is 0 Å². The van der Waals surface area contributed by atoms with Gasteiger partial charge in [-0.1, -0.05) is 13.0 Å². The van der Waals surface area contributed by atoms with Gasteiger partial charge in [0.2, 0.25) is 10.0 Å². The molecule has 0 spiro atoms. The van der Waals surface area contributed by atoms with Crippen LogP contribution >= 0.6 is 11.3 Å². The number of likely N-dealkylation sites (tertiary alicyclic amines) is 1. The van der Waals surface area contributed by atoms with E-state index in [0.29, 0.717) is 16.7 Å². The molecule has 6 heteroatoms. The number of nitrogens with one attached hydrogen (secondary N) is 1. The van der Waals surface area contributed by atoms with Crippen LogP contribution in [-0.4, -0.2) is 39.5 Å². The number of nitrogens with zero attached hydrogens (tertiary/aromatic N) is 1. The monoisotopic (exact) mass is 302 g/mol. The van der Waals surface area contributed by atoms with Crippen LogP contribution in [-0.2, 0) is 10.0 Å². The van der Waals surface area contributed by atoms with Gasteiger partial charge >= 0.3 is 0 Å². The fourth-order valence-corrected chi connectivity index (χ4v) is 4.60. The lowest BCUT2D eigenvalue weighted by atomic mass is 9.97. The van der Waals surface area contributed by atoms with Crippen molar-refractivity contribution < 1.29 is 8.42 Å². The molecule has 19 heavy (non-hydrogen) atoms. The van der Waals surface area contributed by atoms with E-state index in [-0.39, 0.29) is 0 Å². The van der Waals surface area contributed by atoms with Crippen LogP contribution in [0.4, 0.5) is 0 Å². The molecule has 0 radical (unpaired) electrons. The van der Waals surface area contributed by atoms with E-state index in [1.54, 1.807) is 17.5 Å². The molecule has 4 nitrogen and oxygen atoms in total. The maximum Gasteiger partial charge on any atom is 0.250 e. The molecule has 0 aliphatic carbocycles. The first-order valence-electron chi connectivity index (χ1n) is 6.87. The van der Waals surface area contributed by atoms with Crippen LogP contribution in [0.25, 0.3) is 0 Å². The van der Waals surface area contributed by atoms with Gasteiger partial charge in [-0.05, 0) is 56.3 Å². The first-order chi connectivity index (χ1) is 9.12. The van der Waals surface area contributed by atoms with Gasteiger partial charge in [0.25, 0.3) is 0 Å². The van der Waals surface area contributed by atoms with Gasteiger partial charge in [0, 0.05) is 6.54 Å². The quantitative estimate of drug-likeness (QED) is 0.876. The second kappa shape index (κ2) is 6.83. The van der Waals surface area contributed by atoms with E-state index < -0.39 is 10.0 Å². The highest BCUT2D eigenvalue weighted by molar-refractivity contribution is 7.91. The van der Waals surface area contributed by atoms with Gasteiger partial charge in [0.05, 0.1) is 0 Å². The lowest BCUT2D eigenvalue weighted by molar-refractivity contribution is 0.186. The Morgan fingerprint density at radius 3 is 2.74 bits per heavy atom. The van der Waals surface area contributed by atoms with Gasteiger partial charge in [-0.2, -0.15) is 0 Å². The van der Waals surface area contributed by atoms with Crippen LogP contribution in [0.15, 0.2) is 21.7 Å². The third-order valence-corrected chi connectivity index (χ3v) is 6.39. The van der Waals surface area contributed by atoms with Crippen molar-refractivity contribution in [2.24, 2.45) is 5.92 Å². The number of hydrogen-bond acceptors (Lipinski definition) is 4. The molecule has 0 saturated carbocycles. The fraction of sp³-hybridized carbons (Fsp3) is 0.692. The number of rotatable bonds is 6. The van der Waals surface area contributed by atoms with Crippen molar-refractivity contribution in [2.45, 2.75) is 30.4 Å². The van der Waals surface area contributed by atoms with Gasteiger partial charge in [0.1, 0.15) is 4.21 Å². The van der Waals surface area contributed by atoms with Gasteiger partial charge < -0.3 is 4.90 Å². The van der Waals surface area contributed by atoms with Crippen molar-refractivity contribution in [3.05, 3.63) is 17.5 Å². The summed E-state index contributed by atoms with van der Waals surface area (Å²) in [5.41, 5.74) is 0. The second-order valence-electron chi connectivity index (χ2n) is 5.07. The Morgan fingerprint density at radius 2 is 2.16 bits per heavy atom. The molecule has 1 aromatic heterocycles. The standard InChI is InChI=1S/C13H22N2O2S2/c1-2-7-15-8-5-12(6-9-15)11-14-19(16,17)13-4-3-10-18-13/h3-4,10,12,14H,2,5-9,11H2,1H3. The Labute approximate surface area is 119 Å². The van der Waals surface area contributed by atoms with E-state index >= 15 is 0 Å². The van der Waals surface area contributed by atoms with Crippen molar-refractivity contribution in [2.75, 3.05) is 26.2 Å². The summed E-state index contributed by atoms with van der Waals surface area (Å²) in [6.07, 6.45) is 3.37. The number of piperidine rings is 1. The Morgan fingerprint density at radius 1 is 1.42 bits per heavy atom. The van der Waals surface area contributed by atoms with Crippen LogP contribution in [0.5, 0.6) is 0 Å². The molecule has 1 aliphatic heterocycles. The molecule has 0 atom stereocenters. The lowest BCUT2D eigenvalue weighted by Crippen LogP contribution is -2.38. The summed E-state index contributed by atoms with van der Waals surface area (Å²) < 4.78 is 27.1. The molecule has 1 aromatic rings. The third-order valence-electron chi connectivity index (χ3n) is 3.57. The van der Waals surface area contributed by atoms with E-state index in [1.165, 1.54) is 17.8 Å². The highest BCUT2D eigenvalue weighted by Gasteiger charge is 2.21. The Hall–Kier alpha value is -0.430. The highest BCUT2D eigenvalue weighted by Crippen LogP contribution is 2.19. The highest BCUT2D eigenvalue weighted by atomic mass is 32.2. The smallest absolute Gasteiger partial charge is 0.250 e. The Kier molecular flexibility index (Phi) is 5.38. The largest absolute Gasteiger partial charge is 0.303 e. The topological polar surface area (TPSA) is 49.4 Å². The molecule has 0 unspecified atom stereocenters. The molecule has 108 valence electrons. The van der Waals surface area contributed by atoms with Gasteiger partial charge in [-0.15, -0.1) is 11.3 Å². The summed E-state index contributed by atoms with van der Waals surface area (Å²) in [6, 6.07) is 3.42. The average molecular weight is 302 g/mol. The van der Waals surface area contributed by atoms with Crippen molar-refractivity contribution in [3.63, 3.8) is 0 Å². The van der Waals surface area contributed by atoms with Crippen molar-refractivity contribution in [1.29, 1.82) is 0 Å². The second-order valence-corrected chi connectivity index (χ2v) is 8.01. The van der Waals surface area contributed by atoms with Crippen molar-refractivity contribution in [3.8, 4) is 0 Å². The lowest BCUT2D eigenvalue weighted by Gasteiger charge is -2.31. The summed E-state index contributed by atoms with van der Waals surface area (Å²) in [7, 11) is -3.29. The van der Waals surface area contributed by atoms with Crippen molar-refractivity contribution >= 4 is 21.4 Å². The fourth-order valence-electron chi connectivity index (χ4n) is 2.45. The first-order valence-corrected chi connectivity index (χ1v) is 9.23. The van der Waals surface area contributed by atoms with E-state index in [0.717, 1.165) is 32.5 Å². The molecule has 0 aromatic carbocycles. The van der Waals surface area contributed by atoms with Crippen molar-refractivity contribution in [1.82, 2.24) is 9.62 Å². The van der Waals surface area contributed by atoms with Crippen LogP contribution in [0.1, 0.15) is 26.2 Å². The summed E-state index contributed by atoms with van der Waals surface area (Å²) >= 11 is 1.26. The normalized spacial score (nSPS) is 18.8. The maximum absolute atomic E-state index is 12.0. The zero-order valence-corrected chi connectivity index (χ0v) is 13.0. The van der Waals surface area contributed by atoms with E-state index in [9.17, 15) is 8.42 Å². The van der Waals surface area contributed by atoms with Gasteiger partial charge in [-0.3, -0.25) is 0 Å². The molecular formula is C13H22N2O2S2. The minimum absolute atomic E-state index is 0.413. The summed E-state index contributed by atoms with van der Waals surface area (Å²) in [4.78, 5) is 2.46. The predicted molar refractivity (Wildman–Crippen MR) is 79.0 cm³/mol. The third kappa shape index (κ3) is 4.27. The molecule has 2 rings (SSSR count). The maximum atomic E-state index is 12.0. The molecule has 1 saturated heterocycles. The summed E-state index contributed by atoms with van der Waals surface area (Å²) in [6.45, 7) is 6.12. The Bertz CT molecular complexity index is 463. The number of sulfonamides is 1. The summed E-state index contributed by atoms with van der Waals surface area (Å²) in [5, 5.41) is 1.79. The van der Waals surface area contributed by atoms with Crippen LogP contribution in [0.3, 0.4) is 0 Å². The van der Waals surface area contributed by atoms with E-state index in [2.05, 4.69) is 16.5 Å². The van der Waals surface area contributed by atoms with Crippen LogP contribution in [0, 0.1) is 5.92 Å². The molecule has 0 amide bonds. The minimum Gasteiger partial charge on any atom is -0.303 e. The molecular weight excluding hydrogens is 280 g/mol. The minimum atomic E-state index is -3.29. The molecule has 1 N–H and O–H groups in total. The number of thiophene rings is 1. The van der Waals surface area contributed by atoms with Gasteiger partial charge in [-0.25, -0.2) is 13.1 Å². The molecule has 1 fully saturated rings. The SMILES string of the molecule is CCCN1CCC(CNS(=O)(=O)c2cccs2)CC1. The first kappa shape index (κ1) is 15.0. The molecule has 2 heterocycles. The zero-order valence-electron chi connectivity index (χ0n) is 11.3. The van der Waals surface area contributed by atoms with Crippen LogP contribution in [0.2, 0.25) is 0 Å². The van der Waals surface area contributed by atoms with E-state index in [4.69, 9.17) is 0 Å². The number of hydrogen-bond donors (Lipinski definition) is 1. The van der Waals surface area contributed by atoms with Gasteiger partial charge in [0.15, 0.2) is 0 Å². The average Bonchev–Trinajstić information content (AvgIpc) is 2.93. The Balaban J connectivity index is 1.78. The zero-order chi connectivity index (χ0) is 13.7.